The van der Waals surface area contributed by atoms with E-state index < -0.39 is 0 Å². The average molecular weight is 498 g/mol. The molecule has 0 bridgehead atoms. The summed E-state index contributed by atoms with van der Waals surface area (Å²) < 4.78 is 2.68. The molecule has 1 saturated carbocycles. The molecule has 1 aliphatic heterocycles. The van der Waals surface area contributed by atoms with E-state index in [1.807, 2.05) is 36.7 Å². The molecule has 9 heteroatoms. The van der Waals surface area contributed by atoms with Gasteiger partial charge in [-0.3, -0.25) is 14.5 Å². The van der Waals surface area contributed by atoms with E-state index in [0.717, 1.165) is 56.1 Å². The second kappa shape index (κ2) is 10.3. The van der Waals surface area contributed by atoms with E-state index in [0.29, 0.717) is 9.21 Å². The van der Waals surface area contributed by atoms with Crippen LogP contribution in [-0.2, 0) is 11.3 Å². The first-order chi connectivity index (χ1) is 16.6. The van der Waals surface area contributed by atoms with E-state index in [1.54, 1.807) is 12.1 Å². The van der Waals surface area contributed by atoms with Crippen molar-refractivity contribution in [1.82, 2.24) is 19.8 Å². The van der Waals surface area contributed by atoms with Crippen molar-refractivity contribution in [2.45, 2.75) is 44.7 Å². The Labute approximate surface area is 208 Å². The number of nitrogens with one attached hydrogen (secondary N) is 2. The SMILES string of the molecule is O=C(N[C@@H]1CCC[C@@H]1C(=O)Nc1ccc(-n2ccnc2CN2CCCC2)cc1)c1ccc(Cl)s1. The molecule has 1 aliphatic carbocycles. The van der Waals surface area contributed by atoms with Crippen LogP contribution in [0.15, 0.2) is 48.8 Å². The number of aromatic nitrogens is 2. The summed E-state index contributed by atoms with van der Waals surface area (Å²) in [6.07, 6.45) is 8.78. The Morgan fingerprint density at radius 1 is 1.06 bits per heavy atom. The fourth-order valence-electron chi connectivity index (χ4n) is 4.89. The molecule has 1 aromatic carbocycles. The first-order valence-corrected chi connectivity index (χ1v) is 13.0. The van der Waals surface area contributed by atoms with E-state index in [4.69, 9.17) is 11.6 Å². The van der Waals surface area contributed by atoms with Gasteiger partial charge >= 0.3 is 0 Å². The number of likely N-dealkylation sites (tertiary alicyclic amines) is 1. The Morgan fingerprint density at radius 3 is 2.59 bits per heavy atom. The number of thiophene rings is 1. The number of amides is 2. The van der Waals surface area contributed by atoms with Crippen LogP contribution < -0.4 is 10.6 Å². The molecule has 0 unspecified atom stereocenters. The van der Waals surface area contributed by atoms with Crippen molar-refractivity contribution in [3.8, 4) is 5.69 Å². The third kappa shape index (κ3) is 5.19. The molecule has 3 heterocycles. The minimum Gasteiger partial charge on any atom is -0.348 e. The van der Waals surface area contributed by atoms with Gasteiger partial charge in [0.1, 0.15) is 5.82 Å². The van der Waals surface area contributed by atoms with Crippen molar-refractivity contribution >= 4 is 40.4 Å². The fourth-order valence-corrected chi connectivity index (χ4v) is 5.84. The molecule has 178 valence electrons. The van der Waals surface area contributed by atoms with E-state index in [9.17, 15) is 9.59 Å². The summed E-state index contributed by atoms with van der Waals surface area (Å²) in [7, 11) is 0. The van der Waals surface area contributed by atoms with Gasteiger partial charge in [-0.2, -0.15) is 0 Å². The van der Waals surface area contributed by atoms with Crippen molar-refractivity contribution < 1.29 is 9.59 Å². The summed E-state index contributed by atoms with van der Waals surface area (Å²) >= 11 is 7.19. The summed E-state index contributed by atoms with van der Waals surface area (Å²) in [6.45, 7) is 3.10. The Morgan fingerprint density at radius 2 is 1.85 bits per heavy atom. The lowest BCUT2D eigenvalue weighted by atomic mass is 10.0. The van der Waals surface area contributed by atoms with Gasteiger partial charge in [-0.25, -0.2) is 4.98 Å². The molecule has 2 aromatic heterocycles. The highest BCUT2D eigenvalue weighted by molar-refractivity contribution is 7.18. The van der Waals surface area contributed by atoms with Gasteiger partial charge in [0.2, 0.25) is 5.91 Å². The molecule has 0 spiro atoms. The number of hydrogen-bond acceptors (Lipinski definition) is 5. The third-order valence-corrected chi connectivity index (χ3v) is 7.89. The Kier molecular flexibility index (Phi) is 6.99. The van der Waals surface area contributed by atoms with Crippen LogP contribution in [0.1, 0.15) is 47.6 Å². The smallest absolute Gasteiger partial charge is 0.261 e. The van der Waals surface area contributed by atoms with Crippen LogP contribution in [0.25, 0.3) is 5.69 Å². The van der Waals surface area contributed by atoms with Crippen LogP contribution in [0.3, 0.4) is 0 Å². The number of hydrogen-bond donors (Lipinski definition) is 2. The second-order valence-electron chi connectivity index (χ2n) is 8.95. The predicted octanol–water partition coefficient (Wildman–Crippen LogP) is 4.72. The quantitative estimate of drug-likeness (QED) is 0.495. The van der Waals surface area contributed by atoms with E-state index in [-0.39, 0.29) is 23.8 Å². The summed E-state index contributed by atoms with van der Waals surface area (Å²) in [5.74, 6) is 0.545. The molecule has 1 saturated heterocycles. The first kappa shape index (κ1) is 23.1. The topological polar surface area (TPSA) is 79.3 Å². The summed E-state index contributed by atoms with van der Waals surface area (Å²) in [5, 5.41) is 6.06. The van der Waals surface area contributed by atoms with Crippen molar-refractivity contribution in [3.63, 3.8) is 0 Å². The van der Waals surface area contributed by atoms with E-state index in [1.165, 1.54) is 24.2 Å². The maximum atomic E-state index is 13.0. The van der Waals surface area contributed by atoms with Crippen LogP contribution in [0.4, 0.5) is 5.69 Å². The molecule has 2 aliphatic rings. The van der Waals surface area contributed by atoms with Gasteiger partial charge in [0.25, 0.3) is 5.91 Å². The molecule has 5 rings (SSSR count). The Bertz CT molecular complexity index is 1150. The minimum absolute atomic E-state index is 0.0582. The van der Waals surface area contributed by atoms with Gasteiger partial charge in [-0.05, 0) is 75.2 Å². The van der Waals surface area contributed by atoms with Crippen LogP contribution in [0, 0.1) is 5.92 Å². The van der Waals surface area contributed by atoms with Crippen molar-refractivity contribution in [1.29, 1.82) is 0 Å². The van der Waals surface area contributed by atoms with Gasteiger partial charge in [0.15, 0.2) is 0 Å². The molecule has 2 amide bonds. The highest BCUT2D eigenvalue weighted by Gasteiger charge is 2.34. The minimum atomic E-state index is -0.250. The average Bonchev–Trinajstić information content (AvgIpc) is 3.63. The molecule has 3 aromatic rings. The number of imidazole rings is 1. The van der Waals surface area contributed by atoms with Crippen LogP contribution in [-0.4, -0.2) is 45.4 Å². The number of carbonyl (C=O) groups is 2. The molecule has 2 N–H and O–H groups in total. The second-order valence-corrected chi connectivity index (χ2v) is 10.7. The maximum absolute atomic E-state index is 13.0. The Hall–Kier alpha value is -2.68. The number of carbonyl (C=O) groups excluding carboxylic acids is 2. The lowest BCUT2D eigenvalue weighted by molar-refractivity contribution is -0.120. The highest BCUT2D eigenvalue weighted by atomic mass is 35.5. The van der Waals surface area contributed by atoms with Gasteiger partial charge < -0.3 is 15.2 Å². The van der Waals surface area contributed by atoms with Gasteiger partial charge in [-0.1, -0.05) is 18.0 Å². The van der Waals surface area contributed by atoms with Crippen molar-refractivity contribution in [3.05, 3.63) is 63.8 Å². The molecule has 34 heavy (non-hydrogen) atoms. The monoisotopic (exact) mass is 497 g/mol. The van der Waals surface area contributed by atoms with Crippen LogP contribution >= 0.6 is 22.9 Å². The standard InChI is InChI=1S/C25H28ClN5O2S/c26-22-11-10-21(34-22)25(33)29-20-5-3-4-19(20)24(32)28-17-6-8-18(9-7-17)31-15-12-27-23(31)16-30-13-1-2-14-30/h6-12,15,19-20H,1-5,13-14,16H2,(H,28,32)(H,29,33)/t19-,20+/m0/s1. The molecule has 7 nitrogen and oxygen atoms in total. The number of halogens is 1. The molecule has 0 radical (unpaired) electrons. The zero-order valence-electron chi connectivity index (χ0n) is 18.9. The number of rotatable bonds is 7. The summed E-state index contributed by atoms with van der Waals surface area (Å²) in [4.78, 5) is 33.1. The lowest BCUT2D eigenvalue weighted by Crippen LogP contribution is -2.41. The van der Waals surface area contributed by atoms with Crippen LogP contribution in [0.5, 0.6) is 0 Å². The van der Waals surface area contributed by atoms with E-state index in [2.05, 4.69) is 25.1 Å². The maximum Gasteiger partial charge on any atom is 0.261 e. The highest BCUT2D eigenvalue weighted by Crippen LogP contribution is 2.29. The number of benzene rings is 1. The number of nitrogens with zero attached hydrogens (tertiary/aromatic N) is 3. The van der Waals surface area contributed by atoms with Gasteiger partial charge in [-0.15, -0.1) is 11.3 Å². The number of anilines is 1. The molecule has 2 atom stereocenters. The van der Waals surface area contributed by atoms with Crippen molar-refractivity contribution in [2.24, 2.45) is 5.92 Å². The van der Waals surface area contributed by atoms with Crippen LogP contribution in [0.2, 0.25) is 4.34 Å². The summed E-state index contributed by atoms with van der Waals surface area (Å²) in [5.41, 5.74) is 1.77. The van der Waals surface area contributed by atoms with Gasteiger partial charge in [0.05, 0.1) is 21.7 Å². The zero-order valence-corrected chi connectivity index (χ0v) is 20.4. The van der Waals surface area contributed by atoms with Gasteiger partial charge in [0, 0.05) is 29.8 Å². The Balaban J connectivity index is 1.20. The van der Waals surface area contributed by atoms with E-state index >= 15 is 0 Å². The molecular weight excluding hydrogens is 470 g/mol. The first-order valence-electron chi connectivity index (χ1n) is 11.8. The lowest BCUT2D eigenvalue weighted by Gasteiger charge is -2.20. The third-order valence-electron chi connectivity index (χ3n) is 6.66. The fraction of sp³-hybridized carbons (Fsp3) is 0.400. The predicted molar refractivity (Wildman–Crippen MR) is 135 cm³/mol. The molecule has 2 fully saturated rings. The zero-order chi connectivity index (χ0) is 23.5. The molecular formula is C25H28ClN5O2S. The van der Waals surface area contributed by atoms with Crippen molar-refractivity contribution in [2.75, 3.05) is 18.4 Å². The normalized spacial score (nSPS) is 20.5. The summed E-state index contributed by atoms with van der Waals surface area (Å²) in [6, 6.07) is 11.1. The largest absolute Gasteiger partial charge is 0.348 e.